The fraction of sp³-hybridized carbons (Fsp3) is 0.625. The SMILES string of the molecule is CCCOc1ccc(Br)cc1CNCC1(OC)CCOC1. The lowest BCUT2D eigenvalue weighted by atomic mass is 10.0. The van der Waals surface area contributed by atoms with E-state index in [0.29, 0.717) is 6.61 Å². The summed E-state index contributed by atoms with van der Waals surface area (Å²) in [5.41, 5.74) is 0.971. The van der Waals surface area contributed by atoms with E-state index in [0.717, 1.165) is 54.9 Å². The Labute approximate surface area is 135 Å². The van der Waals surface area contributed by atoms with Gasteiger partial charge >= 0.3 is 0 Å². The van der Waals surface area contributed by atoms with Crippen molar-refractivity contribution in [3.05, 3.63) is 28.2 Å². The predicted molar refractivity (Wildman–Crippen MR) is 86.8 cm³/mol. The summed E-state index contributed by atoms with van der Waals surface area (Å²) in [6.45, 7) is 5.82. The lowest BCUT2D eigenvalue weighted by Gasteiger charge is -2.26. The molecule has 21 heavy (non-hydrogen) atoms. The van der Waals surface area contributed by atoms with Gasteiger partial charge in [-0.15, -0.1) is 0 Å². The Morgan fingerprint density at radius 2 is 2.29 bits per heavy atom. The zero-order chi connectivity index (χ0) is 15.1. The van der Waals surface area contributed by atoms with Gasteiger partial charge in [-0.1, -0.05) is 22.9 Å². The highest BCUT2D eigenvalue weighted by atomic mass is 79.9. The van der Waals surface area contributed by atoms with Crippen LogP contribution in [0.25, 0.3) is 0 Å². The minimum absolute atomic E-state index is 0.184. The van der Waals surface area contributed by atoms with Crippen LogP contribution in [0.2, 0.25) is 0 Å². The molecule has 1 unspecified atom stereocenters. The monoisotopic (exact) mass is 357 g/mol. The average Bonchev–Trinajstić information content (AvgIpc) is 2.96. The maximum Gasteiger partial charge on any atom is 0.123 e. The summed E-state index contributed by atoms with van der Waals surface area (Å²) < 4.78 is 17.9. The second-order valence-corrected chi connectivity index (χ2v) is 6.31. The third-order valence-electron chi connectivity index (χ3n) is 3.75. The molecule has 0 bridgehead atoms. The van der Waals surface area contributed by atoms with Crippen LogP contribution >= 0.6 is 15.9 Å². The van der Waals surface area contributed by atoms with Gasteiger partial charge in [-0.2, -0.15) is 0 Å². The first-order valence-corrected chi connectivity index (χ1v) is 8.23. The maximum absolute atomic E-state index is 5.80. The molecule has 0 radical (unpaired) electrons. The maximum atomic E-state index is 5.80. The Morgan fingerprint density at radius 3 is 2.95 bits per heavy atom. The van der Waals surface area contributed by atoms with E-state index in [1.54, 1.807) is 7.11 Å². The molecule has 118 valence electrons. The molecule has 5 heteroatoms. The number of benzene rings is 1. The van der Waals surface area contributed by atoms with Crippen molar-refractivity contribution in [1.29, 1.82) is 0 Å². The highest BCUT2D eigenvalue weighted by Crippen LogP contribution is 2.25. The van der Waals surface area contributed by atoms with Gasteiger partial charge in [-0.05, 0) is 24.6 Å². The van der Waals surface area contributed by atoms with Crippen LogP contribution in [0.1, 0.15) is 25.3 Å². The van der Waals surface area contributed by atoms with Crippen LogP contribution in [0.4, 0.5) is 0 Å². The van der Waals surface area contributed by atoms with E-state index in [1.165, 1.54) is 0 Å². The minimum Gasteiger partial charge on any atom is -0.493 e. The first-order chi connectivity index (χ1) is 10.2. The van der Waals surface area contributed by atoms with Crippen LogP contribution in [0.3, 0.4) is 0 Å². The predicted octanol–water partition coefficient (Wildman–Crippen LogP) is 3.13. The molecule has 1 aliphatic rings. The molecule has 1 saturated heterocycles. The first kappa shape index (κ1) is 16.7. The molecule has 0 amide bonds. The van der Waals surface area contributed by atoms with Crippen molar-refractivity contribution in [2.75, 3.05) is 33.5 Å². The third-order valence-corrected chi connectivity index (χ3v) is 4.24. The van der Waals surface area contributed by atoms with Crippen LogP contribution in [-0.4, -0.2) is 39.1 Å². The lowest BCUT2D eigenvalue weighted by molar-refractivity contribution is -0.0159. The van der Waals surface area contributed by atoms with E-state index in [-0.39, 0.29) is 5.60 Å². The zero-order valence-corrected chi connectivity index (χ0v) is 14.4. The zero-order valence-electron chi connectivity index (χ0n) is 12.8. The number of hydrogen-bond donors (Lipinski definition) is 1. The van der Waals surface area contributed by atoms with Crippen molar-refractivity contribution in [1.82, 2.24) is 5.32 Å². The number of hydrogen-bond acceptors (Lipinski definition) is 4. The Balaban J connectivity index is 1.93. The van der Waals surface area contributed by atoms with E-state index in [2.05, 4.69) is 34.2 Å². The fourth-order valence-electron chi connectivity index (χ4n) is 2.43. The van der Waals surface area contributed by atoms with Gasteiger partial charge in [0.2, 0.25) is 0 Å². The lowest BCUT2D eigenvalue weighted by Crippen LogP contribution is -2.42. The number of rotatable bonds is 8. The molecule has 1 heterocycles. The molecule has 0 aromatic heterocycles. The van der Waals surface area contributed by atoms with Crippen LogP contribution in [0.15, 0.2) is 22.7 Å². The van der Waals surface area contributed by atoms with Crippen molar-refractivity contribution >= 4 is 15.9 Å². The van der Waals surface area contributed by atoms with Gasteiger partial charge in [-0.25, -0.2) is 0 Å². The summed E-state index contributed by atoms with van der Waals surface area (Å²) in [5.74, 6) is 0.946. The van der Waals surface area contributed by atoms with Crippen molar-refractivity contribution < 1.29 is 14.2 Å². The van der Waals surface area contributed by atoms with E-state index in [1.807, 2.05) is 12.1 Å². The smallest absolute Gasteiger partial charge is 0.123 e. The molecule has 1 atom stereocenters. The molecular formula is C16H24BrNO3. The van der Waals surface area contributed by atoms with Crippen LogP contribution in [-0.2, 0) is 16.0 Å². The Morgan fingerprint density at radius 1 is 1.43 bits per heavy atom. The van der Waals surface area contributed by atoms with Crippen molar-refractivity contribution in [3.63, 3.8) is 0 Å². The molecule has 0 saturated carbocycles. The highest BCUT2D eigenvalue weighted by Gasteiger charge is 2.34. The van der Waals surface area contributed by atoms with Gasteiger partial charge in [0.25, 0.3) is 0 Å². The Bertz CT molecular complexity index is 447. The fourth-order valence-corrected chi connectivity index (χ4v) is 2.83. The summed E-state index contributed by atoms with van der Waals surface area (Å²) in [4.78, 5) is 0. The van der Waals surface area contributed by atoms with E-state index < -0.39 is 0 Å². The minimum atomic E-state index is -0.184. The second kappa shape index (κ2) is 8.13. The molecule has 1 aromatic carbocycles. The quantitative estimate of drug-likeness (QED) is 0.775. The molecule has 1 aliphatic heterocycles. The van der Waals surface area contributed by atoms with E-state index >= 15 is 0 Å². The van der Waals surface area contributed by atoms with Crippen molar-refractivity contribution in [3.8, 4) is 5.75 Å². The summed E-state index contributed by atoms with van der Waals surface area (Å²) >= 11 is 3.52. The number of methoxy groups -OCH3 is 1. The van der Waals surface area contributed by atoms with Gasteiger partial charge in [-0.3, -0.25) is 0 Å². The average molecular weight is 358 g/mol. The highest BCUT2D eigenvalue weighted by molar-refractivity contribution is 9.10. The van der Waals surface area contributed by atoms with Crippen LogP contribution < -0.4 is 10.1 Å². The summed E-state index contributed by atoms with van der Waals surface area (Å²) in [7, 11) is 1.76. The largest absolute Gasteiger partial charge is 0.493 e. The van der Waals surface area contributed by atoms with E-state index in [4.69, 9.17) is 14.2 Å². The number of ether oxygens (including phenoxy) is 3. The van der Waals surface area contributed by atoms with Gasteiger partial charge in [0.15, 0.2) is 0 Å². The summed E-state index contributed by atoms with van der Waals surface area (Å²) in [6.07, 6.45) is 1.95. The van der Waals surface area contributed by atoms with Gasteiger partial charge in [0, 0.05) is 43.3 Å². The molecule has 2 rings (SSSR count). The summed E-state index contributed by atoms with van der Waals surface area (Å²) in [5, 5.41) is 3.47. The number of halogens is 1. The van der Waals surface area contributed by atoms with Gasteiger partial charge in [0.1, 0.15) is 11.4 Å². The summed E-state index contributed by atoms with van der Waals surface area (Å²) in [6, 6.07) is 6.13. The van der Waals surface area contributed by atoms with Crippen molar-refractivity contribution in [2.24, 2.45) is 0 Å². The third kappa shape index (κ3) is 4.68. The Hall–Kier alpha value is -0.620. The van der Waals surface area contributed by atoms with E-state index in [9.17, 15) is 0 Å². The molecule has 0 aliphatic carbocycles. The standard InChI is InChI=1S/C16H24BrNO3/c1-3-7-21-15-5-4-14(17)9-13(15)10-18-11-16(19-2)6-8-20-12-16/h4-5,9,18H,3,6-8,10-12H2,1-2H3. The molecule has 1 N–H and O–H groups in total. The topological polar surface area (TPSA) is 39.7 Å². The van der Waals surface area contributed by atoms with Gasteiger partial charge in [0.05, 0.1) is 13.2 Å². The molecule has 1 fully saturated rings. The molecule has 1 aromatic rings. The molecular weight excluding hydrogens is 334 g/mol. The Kier molecular flexibility index (Phi) is 6.48. The molecule has 0 spiro atoms. The van der Waals surface area contributed by atoms with Crippen LogP contribution in [0.5, 0.6) is 5.75 Å². The second-order valence-electron chi connectivity index (χ2n) is 5.39. The molecule has 4 nitrogen and oxygen atoms in total. The van der Waals surface area contributed by atoms with Crippen LogP contribution in [0, 0.1) is 0 Å². The normalized spacial score (nSPS) is 21.7. The van der Waals surface area contributed by atoms with Crippen molar-refractivity contribution in [2.45, 2.75) is 31.9 Å². The first-order valence-electron chi connectivity index (χ1n) is 7.44. The van der Waals surface area contributed by atoms with Gasteiger partial charge < -0.3 is 19.5 Å². The number of nitrogens with one attached hydrogen (secondary N) is 1.